The summed E-state index contributed by atoms with van der Waals surface area (Å²) in [5, 5.41) is 8.02. The van der Waals surface area contributed by atoms with Gasteiger partial charge in [0.1, 0.15) is 17.4 Å². The molecule has 1 heterocycles. The van der Waals surface area contributed by atoms with Gasteiger partial charge in [-0.15, -0.1) is 10.2 Å². The topological polar surface area (TPSA) is 64.8 Å². The van der Waals surface area contributed by atoms with Crippen LogP contribution in [-0.4, -0.2) is 23.2 Å². The largest absolute Gasteiger partial charge is 0.315 e. The van der Waals surface area contributed by atoms with Crippen molar-refractivity contribution in [2.24, 2.45) is 0 Å². The molecule has 2 rings (SSSR count). The van der Waals surface area contributed by atoms with Gasteiger partial charge in [0.2, 0.25) is 0 Å². The average molecular weight is 335 g/mol. The van der Waals surface area contributed by atoms with Crippen LogP contribution >= 0.6 is 0 Å². The van der Waals surface area contributed by atoms with Gasteiger partial charge in [0.25, 0.3) is 0 Å². The van der Waals surface area contributed by atoms with E-state index in [2.05, 4.69) is 31.0 Å². The van der Waals surface area contributed by atoms with Gasteiger partial charge in [0.05, 0.1) is 4.90 Å². The van der Waals surface area contributed by atoms with Crippen molar-refractivity contribution in [3.05, 3.63) is 41.0 Å². The van der Waals surface area contributed by atoms with Gasteiger partial charge in [-0.1, -0.05) is 32.9 Å². The molecule has 0 unspecified atom stereocenters. The molecule has 0 atom stereocenters. The first-order valence-electron chi connectivity index (χ1n) is 7.79. The summed E-state index contributed by atoms with van der Waals surface area (Å²) < 4.78 is 27.6. The summed E-state index contributed by atoms with van der Waals surface area (Å²) in [6.45, 7) is 12.5. The van der Waals surface area contributed by atoms with Crippen LogP contribution in [0, 0.1) is 13.8 Å². The Kier molecular flexibility index (Phi) is 4.66. The third-order valence-corrected chi connectivity index (χ3v) is 5.79. The summed E-state index contributed by atoms with van der Waals surface area (Å²) >= 11 is 0. The third kappa shape index (κ3) is 3.63. The molecule has 0 N–H and O–H groups in total. The Morgan fingerprint density at radius 2 is 1.78 bits per heavy atom. The highest BCUT2D eigenvalue weighted by atomic mass is 32.2. The van der Waals surface area contributed by atoms with Crippen molar-refractivity contribution < 1.29 is 8.42 Å². The number of hydrogen-bond donors (Lipinski definition) is 0. The predicted octanol–water partition coefficient (Wildman–Crippen LogP) is 3.19. The molecule has 0 aliphatic carbocycles. The van der Waals surface area contributed by atoms with Crippen LogP contribution in [0.2, 0.25) is 0 Å². The smallest absolute Gasteiger partial charge is 0.185 e. The van der Waals surface area contributed by atoms with Gasteiger partial charge >= 0.3 is 0 Å². The molecule has 23 heavy (non-hydrogen) atoms. The first kappa shape index (κ1) is 17.7. The molecule has 0 fully saturated rings. The number of rotatable bonds is 4. The molecule has 0 aliphatic heterocycles. The highest BCUT2D eigenvalue weighted by molar-refractivity contribution is 7.90. The minimum Gasteiger partial charge on any atom is -0.315 e. The van der Waals surface area contributed by atoms with Crippen molar-refractivity contribution in [1.82, 2.24) is 14.8 Å². The van der Waals surface area contributed by atoms with Gasteiger partial charge in [0, 0.05) is 6.54 Å². The van der Waals surface area contributed by atoms with Crippen LogP contribution in [-0.2, 0) is 27.5 Å². The Morgan fingerprint density at radius 3 is 2.35 bits per heavy atom. The van der Waals surface area contributed by atoms with E-state index in [1.807, 2.05) is 37.5 Å². The Balaban J connectivity index is 2.47. The van der Waals surface area contributed by atoms with Crippen molar-refractivity contribution >= 4 is 9.84 Å². The molecule has 126 valence electrons. The van der Waals surface area contributed by atoms with E-state index >= 15 is 0 Å². The lowest BCUT2D eigenvalue weighted by atomic mass is 9.87. The van der Waals surface area contributed by atoms with E-state index in [9.17, 15) is 8.42 Å². The van der Waals surface area contributed by atoms with Crippen LogP contribution in [0.15, 0.2) is 23.1 Å². The maximum absolute atomic E-state index is 12.9. The summed E-state index contributed by atoms with van der Waals surface area (Å²) in [7, 11) is -3.47. The van der Waals surface area contributed by atoms with E-state index in [-0.39, 0.29) is 11.2 Å². The maximum atomic E-state index is 12.9. The Morgan fingerprint density at radius 1 is 1.13 bits per heavy atom. The Labute approximate surface area is 138 Å². The zero-order valence-electron chi connectivity index (χ0n) is 14.7. The SMILES string of the molecule is CCn1c(C)nnc1CS(=O)(=O)c1cc(C(C)(C)C)ccc1C. The van der Waals surface area contributed by atoms with Gasteiger partial charge in [-0.2, -0.15) is 0 Å². The molecule has 0 spiro atoms. The molecular formula is C17H25N3O2S. The van der Waals surface area contributed by atoms with E-state index in [1.54, 1.807) is 6.07 Å². The summed E-state index contributed by atoms with van der Waals surface area (Å²) in [6.07, 6.45) is 0. The molecule has 6 heteroatoms. The van der Waals surface area contributed by atoms with Crippen molar-refractivity contribution in [3.8, 4) is 0 Å². The zero-order chi connectivity index (χ0) is 17.4. The van der Waals surface area contributed by atoms with Gasteiger partial charge in [-0.05, 0) is 43.4 Å². The van der Waals surface area contributed by atoms with E-state index in [0.29, 0.717) is 17.3 Å². The van der Waals surface area contributed by atoms with Crippen LogP contribution in [0.25, 0.3) is 0 Å². The fourth-order valence-corrected chi connectivity index (χ4v) is 4.17. The number of aryl methyl sites for hydroxylation is 2. The molecule has 0 aliphatic rings. The number of benzene rings is 1. The molecule has 5 nitrogen and oxygen atoms in total. The van der Waals surface area contributed by atoms with Crippen LogP contribution < -0.4 is 0 Å². The highest BCUT2D eigenvalue weighted by Gasteiger charge is 2.24. The number of sulfone groups is 1. The summed E-state index contributed by atoms with van der Waals surface area (Å²) in [6, 6.07) is 5.67. The lowest BCUT2D eigenvalue weighted by Gasteiger charge is -2.20. The summed E-state index contributed by atoms with van der Waals surface area (Å²) in [5.41, 5.74) is 1.67. The molecule has 1 aromatic carbocycles. The zero-order valence-corrected chi connectivity index (χ0v) is 15.5. The van der Waals surface area contributed by atoms with Gasteiger partial charge in [-0.25, -0.2) is 8.42 Å². The minimum absolute atomic E-state index is 0.0992. The molecular weight excluding hydrogens is 310 g/mol. The fraction of sp³-hybridized carbons (Fsp3) is 0.529. The number of nitrogens with zero attached hydrogens (tertiary/aromatic N) is 3. The second-order valence-electron chi connectivity index (χ2n) is 6.90. The van der Waals surface area contributed by atoms with Crippen LogP contribution in [0.3, 0.4) is 0 Å². The molecule has 2 aromatic rings. The van der Waals surface area contributed by atoms with E-state index in [4.69, 9.17) is 0 Å². The van der Waals surface area contributed by atoms with Crippen molar-refractivity contribution in [2.75, 3.05) is 0 Å². The highest BCUT2D eigenvalue weighted by Crippen LogP contribution is 2.28. The monoisotopic (exact) mass is 335 g/mol. The lowest BCUT2D eigenvalue weighted by molar-refractivity contribution is 0.580. The Hall–Kier alpha value is -1.69. The van der Waals surface area contributed by atoms with Crippen LogP contribution in [0.1, 0.15) is 50.5 Å². The molecule has 0 saturated heterocycles. The fourth-order valence-electron chi connectivity index (χ4n) is 2.59. The summed E-state index contributed by atoms with van der Waals surface area (Å²) in [4.78, 5) is 0.383. The third-order valence-electron chi connectivity index (χ3n) is 4.04. The number of aromatic nitrogens is 3. The predicted molar refractivity (Wildman–Crippen MR) is 91.2 cm³/mol. The first-order valence-corrected chi connectivity index (χ1v) is 9.44. The first-order chi connectivity index (χ1) is 10.6. The van der Waals surface area contributed by atoms with Crippen molar-refractivity contribution in [3.63, 3.8) is 0 Å². The quantitative estimate of drug-likeness (QED) is 0.861. The minimum atomic E-state index is -3.47. The summed E-state index contributed by atoms with van der Waals surface area (Å²) in [5.74, 6) is 1.10. The van der Waals surface area contributed by atoms with Gasteiger partial charge < -0.3 is 4.57 Å². The molecule has 0 amide bonds. The van der Waals surface area contributed by atoms with Crippen LogP contribution in [0.5, 0.6) is 0 Å². The molecule has 0 bridgehead atoms. The second-order valence-corrected chi connectivity index (χ2v) is 8.86. The molecule has 1 aromatic heterocycles. The standard InChI is InChI=1S/C17H25N3O2S/c1-7-20-13(3)18-19-16(20)11-23(21,22)15-10-14(17(4,5)6)9-8-12(15)2/h8-10H,7,11H2,1-6H3. The maximum Gasteiger partial charge on any atom is 0.185 e. The lowest BCUT2D eigenvalue weighted by Crippen LogP contribution is -2.15. The number of hydrogen-bond acceptors (Lipinski definition) is 4. The van der Waals surface area contributed by atoms with Gasteiger partial charge in [0.15, 0.2) is 9.84 Å². The normalized spacial score (nSPS) is 12.6. The van der Waals surface area contributed by atoms with Crippen LogP contribution in [0.4, 0.5) is 0 Å². The average Bonchev–Trinajstić information content (AvgIpc) is 2.77. The van der Waals surface area contributed by atoms with Gasteiger partial charge in [-0.3, -0.25) is 0 Å². The van der Waals surface area contributed by atoms with E-state index in [1.165, 1.54) is 0 Å². The van der Waals surface area contributed by atoms with E-state index in [0.717, 1.165) is 17.0 Å². The van der Waals surface area contributed by atoms with Crippen molar-refractivity contribution in [1.29, 1.82) is 0 Å². The Bertz CT molecular complexity index is 815. The molecule has 0 radical (unpaired) electrons. The van der Waals surface area contributed by atoms with E-state index < -0.39 is 9.84 Å². The second kappa shape index (κ2) is 6.07. The van der Waals surface area contributed by atoms with Crippen molar-refractivity contribution in [2.45, 2.75) is 64.2 Å². The molecule has 0 saturated carbocycles.